The topological polar surface area (TPSA) is 131 Å². The molecule has 2 saturated heterocycles. The van der Waals surface area contributed by atoms with Crippen LogP contribution in [0.15, 0.2) is 0 Å². The Morgan fingerprint density at radius 2 is 1.84 bits per heavy atom. The maximum absolute atomic E-state index is 13.5. The highest BCUT2D eigenvalue weighted by Crippen LogP contribution is 2.55. The minimum atomic E-state index is -5.17. The molecule has 5 atom stereocenters. The Hall–Kier alpha value is -2.70. The molecule has 2 aliphatic heterocycles. The molecule has 0 radical (unpaired) electrons. The van der Waals surface area contributed by atoms with Crippen molar-refractivity contribution in [1.82, 2.24) is 15.5 Å². The molecular weight excluding hydrogens is 511 g/mol. The van der Waals surface area contributed by atoms with Gasteiger partial charge in [0.15, 0.2) is 11.9 Å². The first-order chi connectivity index (χ1) is 17.7. The number of nitrogens with zero attached hydrogens (tertiary/aromatic N) is 1. The number of halogens is 3. The standard InChI is InChI=1S/C25H36F3N3O7/c1-5-18(32)37-17(10-13(2)3)23(36)31-12-24(7-8-24)11-16(31)22(35)30-14(4)19(33)20(38-25(26,27)28)15-6-9-29-21(15)34/h13-17,20H,5-12H2,1-4H3,(H,29,34)(H,30,35)/t14?,15-,16-,17+,20-/m0/s1. The largest absolute Gasteiger partial charge is 0.523 e. The van der Waals surface area contributed by atoms with Gasteiger partial charge in [0, 0.05) is 19.5 Å². The van der Waals surface area contributed by atoms with Crippen LogP contribution in [0.5, 0.6) is 0 Å². The van der Waals surface area contributed by atoms with Gasteiger partial charge < -0.3 is 20.3 Å². The molecular formula is C25H36F3N3O7. The van der Waals surface area contributed by atoms with Crippen LogP contribution < -0.4 is 10.6 Å². The maximum Gasteiger partial charge on any atom is 0.523 e. The Morgan fingerprint density at radius 1 is 1.18 bits per heavy atom. The predicted octanol–water partition coefficient (Wildman–Crippen LogP) is 1.85. The van der Waals surface area contributed by atoms with Crippen molar-refractivity contribution in [2.75, 3.05) is 13.1 Å². The number of alkyl halides is 3. The molecule has 3 rings (SSSR count). The van der Waals surface area contributed by atoms with Crippen molar-refractivity contribution in [3.8, 4) is 0 Å². The average molecular weight is 548 g/mol. The molecule has 0 aromatic rings. The fourth-order valence-corrected chi connectivity index (χ4v) is 5.13. The molecule has 0 bridgehead atoms. The summed E-state index contributed by atoms with van der Waals surface area (Å²) >= 11 is 0. The summed E-state index contributed by atoms with van der Waals surface area (Å²) in [6, 6.07) is -2.40. The second-order valence-corrected chi connectivity index (χ2v) is 11.0. The van der Waals surface area contributed by atoms with E-state index >= 15 is 0 Å². The molecule has 2 N–H and O–H groups in total. The molecule has 1 spiro atoms. The van der Waals surface area contributed by atoms with Gasteiger partial charge in [0.05, 0.1) is 12.0 Å². The Bertz CT molecular complexity index is 951. The minimum Gasteiger partial charge on any atom is -0.452 e. The van der Waals surface area contributed by atoms with Crippen molar-refractivity contribution in [3.63, 3.8) is 0 Å². The van der Waals surface area contributed by atoms with E-state index in [9.17, 15) is 37.1 Å². The SMILES string of the molecule is CCC(=O)O[C@H](CC(C)C)C(=O)N1CC2(CC2)C[C@H]1C(=O)NC(C)C(=O)[C@@H](OC(F)(F)F)[C@@H]1CCNC1=O. The third-order valence-electron chi connectivity index (χ3n) is 7.36. The van der Waals surface area contributed by atoms with E-state index in [4.69, 9.17) is 4.74 Å². The summed E-state index contributed by atoms with van der Waals surface area (Å²) < 4.78 is 48.6. The van der Waals surface area contributed by atoms with Crippen molar-refractivity contribution >= 4 is 29.5 Å². The second kappa shape index (κ2) is 11.6. The molecule has 1 aliphatic carbocycles. The van der Waals surface area contributed by atoms with Gasteiger partial charge in [-0.25, -0.2) is 0 Å². The zero-order chi connectivity index (χ0) is 28.4. The van der Waals surface area contributed by atoms with Gasteiger partial charge in [-0.2, -0.15) is 0 Å². The first-order valence-electron chi connectivity index (χ1n) is 13.0. The number of likely N-dealkylation sites (tertiary alicyclic amines) is 1. The zero-order valence-electron chi connectivity index (χ0n) is 22.1. The first-order valence-corrected chi connectivity index (χ1v) is 13.0. The summed E-state index contributed by atoms with van der Waals surface area (Å²) in [5.74, 6) is -4.89. The van der Waals surface area contributed by atoms with Crippen molar-refractivity contribution in [3.05, 3.63) is 0 Å². The number of Topliss-reactive ketones (excluding diaryl/α,β-unsaturated/α-hetero) is 1. The molecule has 0 aromatic carbocycles. The molecule has 1 saturated carbocycles. The van der Waals surface area contributed by atoms with Crippen molar-refractivity contribution in [1.29, 1.82) is 0 Å². The fourth-order valence-electron chi connectivity index (χ4n) is 5.13. The van der Waals surface area contributed by atoms with Gasteiger partial charge in [-0.1, -0.05) is 20.8 Å². The quantitative estimate of drug-likeness (QED) is 0.378. The van der Waals surface area contributed by atoms with Crippen LogP contribution in [0.25, 0.3) is 0 Å². The van der Waals surface area contributed by atoms with Gasteiger partial charge in [0.1, 0.15) is 12.1 Å². The van der Waals surface area contributed by atoms with Crippen LogP contribution >= 0.6 is 0 Å². The van der Waals surface area contributed by atoms with Gasteiger partial charge in [0.2, 0.25) is 11.8 Å². The number of nitrogens with one attached hydrogen (secondary N) is 2. The molecule has 3 aliphatic rings. The lowest BCUT2D eigenvalue weighted by molar-refractivity contribution is -0.341. The van der Waals surface area contributed by atoms with Gasteiger partial charge in [-0.3, -0.25) is 28.7 Å². The molecule has 3 fully saturated rings. The maximum atomic E-state index is 13.5. The highest BCUT2D eigenvalue weighted by atomic mass is 19.4. The Kier molecular flexibility index (Phi) is 9.10. The second-order valence-electron chi connectivity index (χ2n) is 11.0. The summed E-state index contributed by atoms with van der Waals surface area (Å²) in [6.07, 6.45) is -6.10. The third kappa shape index (κ3) is 7.23. The summed E-state index contributed by atoms with van der Waals surface area (Å²) in [5, 5.41) is 4.82. The summed E-state index contributed by atoms with van der Waals surface area (Å²) in [5.41, 5.74) is -0.244. The highest BCUT2D eigenvalue weighted by molar-refractivity contribution is 5.98. The van der Waals surface area contributed by atoms with E-state index in [2.05, 4.69) is 15.4 Å². The van der Waals surface area contributed by atoms with Gasteiger partial charge in [0.25, 0.3) is 5.91 Å². The number of ketones is 1. The smallest absolute Gasteiger partial charge is 0.452 e. The van der Waals surface area contributed by atoms with Gasteiger partial charge >= 0.3 is 12.3 Å². The number of esters is 1. The number of hydrogen-bond donors (Lipinski definition) is 2. The predicted molar refractivity (Wildman–Crippen MR) is 126 cm³/mol. The van der Waals surface area contributed by atoms with Crippen LogP contribution in [0.4, 0.5) is 13.2 Å². The molecule has 3 amide bonds. The van der Waals surface area contributed by atoms with E-state index in [1.54, 1.807) is 6.92 Å². The zero-order valence-corrected chi connectivity index (χ0v) is 22.1. The first kappa shape index (κ1) is 29.9. The van der Waals surface area contributed by atoms with Crippen LogP contribution in [0.1, 0.15) is 66.2 Å². The van der Waals surface area contributed by atoms with E-state index in [0.717, 1.165) is 12.8 Å². The lowest BCUT2D eigenvalue weighted by atomic mass is 9.93. The average Bonchev–Trinajstić information content (AvgIpc) is 3.26. The van der Waals surface area contributed by atoms with E-state index in [1.807, 2.05) is 13.8 Å². The van der Waals surface area contributed by atoms with Gasteiger partial charge in [-0.15, -0.1) is 13.2 Å². The molecule has 1 unspecified atom stereocenters. The van der Waals surface area contributed by atoms with Crippen LogP contribution in [0.2, 0.25) is 0 Å². The lowest BCUT2D eigenvalue weighted by Crippen LogP contribution is -2.55. The van der Waals surface area contributed by atoms with Crippen LogP contribution in [-0.2, 0) is 33.4 Å². The Balaban J connectivity index is 1.75. The monoisotopic (exact) mass is 547 g/mol. The number of amides is 3. The molecule has 10 nitrogen and oxygen atoms in total. The summed E-state index contributed by atoms with van der Waals surface area (Å²) in [7, 11) is 0. The summed E-state index contributed by atoms with van der Waals surface area (Å²) in [4.78, 5) is 65.1. The number of carbonyl (C=O) groups excluding carboxylic acids is 5. The van der Waals surface area contributed by atoms with Crippen LogP contribution in [0, 0.1) is 17.3 Å². The van der Waals surface area contributed by atoms with Crippen molar-refractivity contribution in [2.24, 2.45) is 17.3 Å². The summed E-state index contributed by atoms with van der Waals surface area (Å²) in [6.45, 7) is 6.96. The molecule has 214 valence electrons. The van der Waals surface area contributed by atoms with E-state index < -0.39 is 66.0 Å². The normalized spacial score (nSPS) is 24.6. The Labute approximate surface area is 219 Å². The molecule has 13 heteroatoms. The van der Waals surface area contributed by atoms with Crippen molar-refractivity contribution < 1.29 is 46.6 Å². The molecule has 2 heterocycles. The third-order valence-corrected chi connectivity index (χ3v) is 7.36. The van der Waals surface area contributed by atoms with Crippen LogP contribution in [0.3, 0.4) is 0 Å². The van der Waals surface area contributed by atoms with Gasteiger partial charge in [-0.05, 0) is 50.4 Å². The fraction of sp³-hybridized carbons (Fsp3) is 0.800. The van der Waals surface area contributed by atoms with Crippen molar-refractivity contribution in [2.45, 2.75) is 96.9 Å². The lowest BCUT2D eigenvalue weighted by Gasteiger charge is -2.30. The number of hydrogen-bond acceptors (Lipinski definition) is 7. The number of ether oxygens (including phenoxy) is 2. The molecule has 38 heavy (non-hydrogen) atoms. The van der Waals surface area contributed by atoms with E-state index in [-0.39, 0.29) is 43.7 Å². The highest BCUT2D eigenvalue weighted by Gasteiger charge is 2.56. The van der Waals surface area contributed by atoms with E-state index in [1.165, 1.54) is 11.8 Å². The number of carbonyl (C=O) groups is 5. The Morgan fingerprint density at radius 3 is 2.34 bits per heavy atom. The number of rotatable bonds is 11. The molecule has 0 aromatic heterocycles. The van der Waals surface area contributed by atoms with E-state index in [0.29, 0.717) is 6.42 Å². The van der Waals surface area contributed by atoms with Crippen LogP contribution in [-0.4, -0.2) is 78.1 Å². The minimum absolute atomic E-state index is 0.0207.